The Bertz CT molecular complexity index is 143. The van der Waals surface area contributed by atoms with E-state index in [1.807, 2.05) is 27.9 Å². The molecule has 0 aliphatic carbocycles. The summed E-state index contributed by atoms with van der Waals surface area (Å²) in [5.74, 6) is -0.160. The highest BCUT2D eigenvalue weighted by Crippen LogP contribution is 2.10. The summed E-state index contributed by atoms with van der Waals surface area (Å²) in [5.41, 5.74) is 5.50. The molecule has 3 N–H and O–H groups in total. The number of hydrogen-bond donors (Lipinski definition) is 2. The summed E-state index contributed by atoms with van der Waals surface area (Å²) in [6, 6.07) is 0. The van der Waals surface area contributed by atoms with E-state index >= 15 is 0 Å². The van der Waals surface area contributed by atoms with E-state index in [9.17, 15) is 4.79 Å². The number of amides is 1. The Kier molecular flexibility index (Phi) is 9.47. The van der Waals surface area contributed by atoms with E-state index < -0.39 is 0 Å². The predicted molar refractivity (Wildman–Crippen MR) is 52.8 cm³/mol. The van der Waals surface area contributed by atoms with Crippen molar-refractivity contribution in [3.05, 3.63) is 12.2 Å². The van der Waals surface area contributed by atoms with Crippen molar-refractivity contribution in [3.8, 4) is 0 Å². The molecule has 0 saturated carbocycles. The van der Waals surface area contributed by atoms with E-state index in [1.54, 1.807) is 0 Å². The van der Waals surface area contributed by atoms with Crippen molar-refractivity contribution in [3.63, 3.8) is 0 Å². The summed E-state index contributed by atoms with van der Waals surface area (Å²) >= 11 is 0. The van der Waals surface area contributed by atoms with Crippen molar-refractivity contribution < 1.29 is 4.79 Å². The molecule has 0 aromatic heterocycles. The SMILES string of the molecule is C=C(C(N)=O)C(C)CC.CNC. The van der Waals surface area contributed by atoms with Crippen molar-refractivity contribution in [1.29, 1.82) is 0 Å². The number of rotatable bonds is 3. The van der Waals surface area contributed by atoms with Gasteiger partial charge in [-0.3, -0.25) is 4.79 Å². The lowest BCUT2D eigenvalue weighted by Gasteiger charge is -2.06. The predicted octanol–water partition coefficient (Wildman–Crippen LogP) is 0.910. The first-order valence-corrected chi connectivity index (χ1v) is 4.08. The van der Waals surface area contributed by atoms with Crippen molar-refractivity contribution >= 4 is 5.91 Å². The molecule has 0 aliphatic rings. The van der Waals surface area contributed by atoms with Crippen LogP contribution >= 0.6 is 0 Å². The van der Waals surface area contributed by atoms with Crippen LogP contribution in [0.4, 0.5) is 0 Å². The molecule has 0 saturated heterocycles. The molecule has 0 rings (SSSR count). The van der Waals surface area contributed by atoms with Crippen molar-refractivity contribution in [2.45, 2.75) is 20.3 Å². The molecule has 3 heteroatoms. The lowest BCUT2D eigenvalue weighted by Crippen LogP contribution is -2.17. The average Bonchev–Trinajstić information content (AvgIpc) is 2.03. The normalized spacial score (nSPS) is 11.0. The third-order valence-corrected chi connectivity index (χ3v) is 1.52. The molecule has 0 aromatic rings. The lowest BCUT2D eigenvalue weighted by molar-refractivity contribution is -0.115. The number of nitrogens with two attached hydrogens (primary N) is 1. The fraction of sp³-hybridized carbons (Fsp3) is 0.667. The van der Waals surface area contributed by atoms with Crippen LogP contribution in [-0.2, 0) is 4.79 Å². The van der Waals surface area contributed by atoms with E-state index in [1.165, 1.54) is 0 Å². The second-order valence-corrected chi connectivity index (χ2v) is 2.70. The minimum Gasteiger partial charge on any atom is -0.366 e. The zero-order chi connectivity index (χ0) is 10.1. The molecule has 0 heterocycles. The molecule has 12 heavy (non-hydrogen) atoms. The highest BCUT2D eigenvalue weighted by Gasteiger charge is 2.07. The van der Waals surface area contributed by atoms with Crippen LogP contribution in [-0.4, -0.2) is 20.0 Å². The van der Waals surface area contributed by atoms with Gasteiger partial charge in [0.15, 0.2) is 0 Å². The van der Waals surface area contributed by atoms with Gasteiger partial charge in [0.1, 0.15) is 0 Å². The average molecular weight is 172 g/mol. The van der Waals surface area contributed by atoms with Gasteiger partial charge in [0.2, 0.25) is 5.91 Å². The third kappa shape index (κ3) is 7.28. The molecule has 3 nitrogen and oxygen atoms in total. The molecule has 72 valence electrons. The van der Waals surface area contributed by atoms with Gasteiger partial charge in [0.05, 0.1) is 0 Å². The lowest BCUT2D eigenvalue weighted by atomic mass is 10.00. The maximum Gasteiger partial charge on any atom is 0.244 e. The van der Waals surface area contributed by atoms with Crippen molar-refractivity contribution in [1.82, 2.24) is 5.32 Å². The molecule has 0 aliphatic heterocycles. The van der Waals surface area contributed by atoms with Crippen molar-refractivity contribution in [2.75, 3.05) is 14.1 Å². The van der Waals surface area contributed by atoms with Gasteiger partial charge in [-0.25, -0.2) is 0 Å². The Morgan fingerprint density at radius 2 is 1.92 bits per heavy atom. The molecular formula is C9H20N2O. The van der Waals surface area contributed by atoms with Crippen LogP contribution in [0.25, 0.3) is 0 Å². The Morgan fingerprint density at radius 3 is 2.00 bits per heavy atom. The van der Waals surface area contributed by atoms with Gasteiger partial charge in [-0.15, -0.1) is 0 Å². The Hall–Kier alpha value is -0.830. The fourth-order valence-corrected chi connectivity index (χ4v) is 0.489. The summed E-state index contributed by atoms with van der Waals surface area (Å²) in [7, 11) is 3.75. The van der Waals surface area contributed by atoms with Gasteiger partial charge >= 0.3 is 0 Å². The molecule has 1 unspecified atom stereocenters. The zero-order valence-electron chi connectivity index (χ0n) is 8.48. The number of hydrogen-bond acceptors (Lipinski definition) is 2. The Balaban J connectivity index is 0. The Morgan fingerprint density at radius 1 is 1.58 bits per heavy atom. The molecule has 0 spiro atoms. The highest BCUT2D eigenvalue weighted by molar-refractivity contribution is 5.91. The minimum atomic E-state index is -0.385. The van der Waals surface area contributed by atoms with Crippen molar-refractivity contribution in [2.24, 2.45) is 11.7 Å². The molecule has 0 aromatic carbocycles. The molecule has 1 atom stereocenters. The van der Waals surface area contributed by atoms with Crippen LogP contribution in [0.1, 0.15) is 20.3 Å². The summed E-state index contributed by atoms with van der Waals surface area (Å²) in [6.07, 6.45) is 0.918. The second kappa shape index (κ2) is 8.27. The summed E-state index contributed by atoms with van der Waals surface area (Å²) < 4.78 is 0. The minimum absolute atomic E-state index is 0.225. The fourth-order valence-electron chi connectivity index (χ4n) is 0.489. The van der Waals surface area contributed by atoms with Crippen LogP contribution in [0.15, 0.2) is 12.2 Å². The topological polar surface area (TPSA) is 55.1 Å². The van der Waals surface area contributed by atoms with Gasteiger partial charge in [-0.2, -0.15) is 0 Å². The van der Waals surface area contributed by atoms with E-state index in [2.05, 4.69) is 11.9 Å². The van der Waals surface area contributed by atoms with E-state index in [-0.39, 0.29) is 11.8 Å². The number of carbonyl (C=O) groups is 1. The van der Waals surface area contributed by atoms with Crippen LogP contribution in [0.2, 0.25) is 0 Å². The highest BCUT2D eigenvalue weighted by atomic mass is 16.1. The van der Waals surface area contributed by atoms with Gasteiger partial charge < -0.3 is 11.1 Å². The first-order chi connectivity index (χ1) is 5.51. The molecule has 1 amide bonds. The molecular weight excluding hydrogens is 152 g/mol. The van der Waals surface area contributed by atoms with E-state index in [0.29, 0.717) is 5.57 Å². The van der Waals surface area contributed by atoms with Gasteiger partial charge in [-0.1, -0.05) is 20.4 Å². The standard InChI is InChI=1S/C7H13NO.C2H7N/c1-4-5(2)6(3)7(8)9;1-3-2/h5H,3-4H2,1-2H3,(H2,8,9);3H,1-2H3. The first-order valence-electron chi connectivity index (χ1n) is 4.08. The summed E-state index contributed by atoms with van der Waals surface area (Å²) in [6.45, 7) is 7.49. The molecule has 0 radical (unpaired) electrons. The number of nitrogens with one attached hydrogen (secondary N) is 1. The van der Waals surface area contributed by atoms with E-state index in [4.69, 9.17) is 5.73 Å². The van der Waals surface area contributed by atoms with Gasteiger partial charge in [0.25, 0.3) is 0 Å². The number of primary amides is 1. The smallest absolute Gasteiger partial charge is 0.244 e. The maximum absolute atomic E-state index is 10.4. The first kappa shape index (κ1) is 13.7. The quantitative estimate of drug-likeness (QED) is 0.622. The number of carbonyl (C=O) groups excluding carboxylic acids is 1. The van der Waals surface area contributed by atoms with Gasteiger partial charge in [-0.05, 0) is 26.4 Å². The Labute approximate surface area is 75.0 Å². The molecule has 0 bridgehead atoms. The second-order valence-electron chi connectivity index (χ2n) is 2.70. The third-order valence-electron chi connectivity index (χ3n) is 1.52. The maximum atomic E-state index is 10.4. The van der Waals surface area contributed by atoms with Crippen LogP contribution in [0.5, 0.6) is 0 Å². The molecule has 0 fully saturated rings. The van der Waals surface area contributed by atoms with Crippen LogP contribution in [0, 0.1) is 5.92 Å². The zero-order valence-corrected chi connectivity index (χ0v) is 8.48. The largest absolute Gasteiger partial charge is 0.366 e. The summed E-state index contributed by atoms with van der Waals surface area (Å²) in [4.78, 5) is 10.4. The van der Waals surface area contributed by atoms with E-state index in [0.717, 1.165) is 6.42 Å². The summed E-state index contributed by atoms with van der Waals surface area (Å²) in [5, 5.41) is 2.75. The van der Waals surface area contributed by atoms with Crippen LogP contribution in [0.3, 0.4) is 0 Å². The van der Waals surface area contributed by atoms with Crippen LogP contribution < -0.4 is 11.1 Å². The van der Waals surface area contributed by atoms with Gasteiger partial charge in [0, 0.05) is 5.57 Å². The monoisotopic (exact) mass is 172 g/mol.